The molecule has 0 N–H and O–H groups in total. The smallest absolute Gasteiger partial charge is 0.343 e. The van der Waals surface area contributed by atoms with Crippen LogP contribution in [0.1, 0.15) is 45.7 Å². The van der Waals surface area contributed by atoms with Crippen LogP contribution in [-0.4, -0.2) is 11.9 Å². The van der Waals surface area contributed by atoms with E-state index in [1.54, 1.807) is 24.3 Å². The van der Waals surface area contributed by atoms with Crippen molar-refractivity contribution in [3.63, 3.8) is 0 Å². The van der Waals surface area contributed by atoms with Crippen molar-refractivity contribution in [2.45, 2.75) is 26.7 Å². The van der Waals surface area contributed by atoms with E-state index in [9.17, 15) is 9.59 Å². The number of halogens is 1. The van der Waals surface area contributed by atoms with Gasteiger partial charge in [0.15, 0.2) is 0 Å². The molecule has 0 atom stereocenters. The maximum Gasteiger partial charge on any atom is 0.343 e. The highest BCUT2D eigenvalue weighted by Crippen LogP contribution is 2.30. The van der Waals surface area contributed by atoms with Gasteiger partial charge in [-0.05, 0) is 60.4 Å². The molecule has 3 aromatic rings. The molecule has 4 nitrogen and oxygen atoms in total. The van der Waals surface area contributed by atoms with Gasteiger partial charge in [0.1, 0.15) is 11.5 Å². The second-order valence-electron chi connectivity index (χ2n) is 6.47. The van der Waals surface area contributed by atoms with Crippen LogP contribution in [0.25, 0.3) is 0 Å². The average molecular weight is 409 g/mol. The fraction of sp³-hybridized carbons (Fsp3) is 0.167. The molecule has 0 aliphatic carbocycles. The van der Waals surface area contributed by atoms with E-state index in [0.29, 0.717) is 11.1 Å². The molecular weight excluding hydrogens is 388 g/mol. The molecule has 0 amide bonds. The standard InChI is InChI=1S/C24H21ClO4/c1-3-16-5-9-18(10-6-16)23(26)28-20-13-14-22(21(25)15-20)29-24(27)19-11-7-17(4-2)8-12-19/h5-15H,3-4H2,1-2H3. The lowest BCUT2D eigenvalue weighted by atomic mass is 10.1. The van der Waals surface area contributed by atoms with Gasteiger partial charge in [-0.25, -0.2) is 9.59 Å². The van der Waals surface area contributed by atoms with E-state index in [0.717, 1.165) is 24.0 Å². The van der Waals surface area contributed by atoms with E-state index >= 15 is 0 Å². The van der Waals surface area contributed by atoms with Crippen molar-refractivity contribution in [2.24, 2.45) is 0 Å². The van der Waals surface area contributed by atoms with Crippen LogP contribution >= 0.6 is 11.6 Å². The SMILES string of the molecule is CCc1ccc(C(=O)Oc2ccc(OC(=O)c3ccc(CC)cc3)c(Cl)c2)cc1. The van der Waals surface area contributed by atoms with Crippen molar-refractivity contribution in [3.05, 3.63) is 94.0 Å². The summed E-state index contributed by atoms with van der Waals surface area (Å²) >= 11 is 6.21. The minimum absolute atomic E-state index is 0.176. The number of rotatable bonds is 6. The van der Waals surface area contributed by atoms with Crippen LogP contribution < -0.4 is 9.47 Å². The molecule has 0 aliphatic heterocycles. The van der Waals surface area contributed by atoms with E-state index in [2.05, 4.69) is 0 Å². The number of carbonyl (C=O) groups excluding carboxylic acids is 2. The van der Waals surface area contributed by atoms with E-state index in [-0.39, 0.29) is 16.5 Å². The first-order valence-electron chi connectivity index (χ1n) is 9.42. The Balaban J connectivity index is 1.67. The number of carbonyl (C=O) groups is 2. The predicted octanol–water partition coefficient (Wildman–Crippen LogP) is 5.90. The second kappa shape index (κ2) is 9.39. The van der Waals surface area contributed by atoms with Crippen molar-refractivity contribution in [3.8, 4) is 11.5 Å². The van der Waals surface area contributed by atoms with Crippen LogP contribution in [0.2, 0.25) is 5.02 Å². The van der Waals surface area contributed by atoms with E-state index in [1.165, 1.54) is 18.2 Å². The third kappa shape index (κ3) is 5.24. The van der Waals surface area contributed by atoms with Gasteiger partial charge >= 0.3 is 11.9 Å². The summed E-state index contributed by atoms with van der Waals surface area (Å²) in [4.78, 5) is 24.6. The van der Waals surface area contributed by atoms with Crippen molar-refractivity contribution in [1.29, 1.82) is 0 Å². The van der Waals surface area contributed by atoms with Crippen LogP contribution in [0.4, 0.5) is 0 Å². The molecule has 29 heavy (non-hydrogen) atoms. The summed E-state index contributed by atoms with van der Waals surface area (Å²) in [5, 5.41) is 0.176. The first kappa shape index (κ1) is 20.6. The molecule has 0 saturated carbocycles. The molecule has 148 valence electrons. The largest absolute Gasteiger partial charge is 0.423 e. The van der Waals surface area contributed by atoms with Crippen molar-refractivity contribution < 1.29 is 19.1 Å². The topological polar surface area (TPSA) is 52.6 Å². The van der Waals surface area contributed by atoms with Crippen molar-refractivity contribution in [2.75, 3.05) is 0 Å². The van der Waals surface area contributed by atoms with Crippen molar-refractivity contribution >= 4 is 23.5 Å². The molecule has 3 aromatic carbocycles. The molecular formula is C24H21ClO4. The highest BCUT2D eigenvalue weighted by Gasteiger charge is 2.14. The predicted molar refractivity (Wildman–Crippen MR) is 113 cm³/mol. The van der Waals surface area contributed by atoms with Gasteiger partial charge < -0.3 is 9.47 Å². The molecule has 0 fully saturated rings. The summed E-state index contributed by atoms with van der Waals surface area (Å²) in [5.41, 5.74) is 3.16. The van der Waals surface area contributed by atoms with Crippen LogP contribution in [0.5, 0.6) is 11.5 Å². The Morgan fingerprint density at radius 2 is 1.21 bits per heavy atom. The summed E-state index contributed by atoms with van der Waals surface area (Å²) in [6.45, 7) is 4.09. The number of benzene rings is 3. The Bertz CT molecular complexity index is 1010. The molecule has 0 aromatic heterocycles. The van der Waals surface area contributed by atoms with Crippen LogP contribution in [0.15, 0.2) is 66.7 Å². The third-order valence-corrected chi connectivity index (χ3v) is 4.81. The van der Waals surface area contributed by atoms with Gasteiger partial charge in [-0.2, -0.15) is 0 Å². The third-order valence-electron chi connectivity index (χ3n) is 4.51. The van der Waals surface area contributed by atoms with Gasteiger partial charge in [-0.15, -0.1) is 0 Å². The molecule has 0 spiro atoms. The molecule has 0 aliphatic rings. The normalized spacial score (nSPS) is 10.4. The first-order valence-corrected chi connectivity index (χ1v) is 9.79. The minimum atomic E-state index is -0.504. The fourth-order valence-electron chi connectivity index (χ4n) is 2.71. The zero-order chi connectivity index (χ0) is 20.8. The summed E-state index contributed by atoms with van der Waals surface area (Å²) in [7, 11) is 0. The highest BCUT2D eigenvalue weighted by atomic mass is 35.5. The number of aryl methyl sites for hydroxylation is 2. The highest BCUT2D eigenvalue weighted by molar-refractivity contribution is 6.32. The quantitative estimate of drug-likeness (QED) is 0.376. The van der Waals surface area contributed by atoms with E-state index < -0.39 is 11.9 Å². The Hall–Kier alpha value is -3.11. The summed E-state index contributed by atoms with van der Waals surface area (Å²) in [6.07, 6.45) is 1.79. The monoisotopic (exact) mass is 408 g/mol. The Kier molecular flexibility index (Phi) is 6.68. The lowest BCUT2D eigenvalue weighted by molar-refractivity contribution is 0.0719. The second-order valence-corrected chi connectivity index (χ2v) is 6.88. The van der Waals surface area contributed by atoms with E-state index in [4.69, 9.17) is 21.1 Å². The Labute approximate surface area is 175 Å². The molecule has 3 rings (SSSR count). The van der Waals surface area contributed by atoms with Gasteiger partial charge in [-0.3, -0.25) is 0 Å². The Morgan fingerprint density at radius 3 is 1.66 bits per heavy atom. The fourth-order valence-corrected chi connectivity index (χ4v) is 2.91. The Morgan fingerprint density at radius 1 is 0.724 bits per heavy atom. The number of hydrogen-bond acceptors (Lipinski definition) is 4. The minimum Gasteiger partial charge on any atom is -0.423 e. The van der Waals surface area contributed by atoms with E-state index in [1.807, 2.05) is 38.1 Å². The van der Waals surface area contributed by atoms with Gasteiger partial charge in [-0.1, -0.05) is 49.7 Å². The maximum atomic E-state index is 12.3. The molecule has 5 heteroatoms. The summed E-state index contributed by atoms with van der Waals surface area (Å²) in [5.74, 6) is -0.519. The van der Waals surface area contributed by atoms with Crippen LogP contribution in [-0.2, 0) is 12.8 Å². The van der Waals surface area contributed by atoms with Gasteiger partial charge in [0.25, 0.3) is 0 Å². The van der Waals surface area contributed by atoms with Crippen LogP contribution in [0, 0.1) is 0 Å². The zero-order valence-corrected chi connectivity index (χ0v) is 17.0. The molecule has 0 saturated heterocycles. The molecule has 0 radical (unpaired) electrons. The number of ether oxygens (including phenoxy) is 2. The van der Waals surface area contributed by atoms with Gasteiger partial charge in [0, 0.05) is 6.07 Å². The number of hydrogen-bond donors (Lipinski definition) is 0. The van der Waals surface area contributed by atoms with Crippen molar-refractivity contribution in [1.82, 2.24) is 0 Å². The number of esters is 2. The average Bonchev–Trinajstić information content (AvgIpc) is 2.75. The zero-order valence-electron chi connectivity index (χ0n) is 16.3. The first-order chi connectivity index (χ1) is 14.0. The van der Waals surface area contributed by atoms with Crippen LogP contribution in [0.3, 0.4) is 0 Å². The van der Waals surface area contributed by atoms with Gasteiger partial charge in [0.2, 0.25) is 0 Å². The maximum absolute atomic E-state index is 12.3. The lowest BCUT2D eigenvalue weighted by Crippen LogP contribution is -2.10. The summed E-state index contributed by atoms with van der Waals surface area (Å²) < 4.78 is 10.7. The lowest BCUT2D eigenvalue weighted by Gasteiger charge is -2.09. The molecule has 0 unspecified atom stereocenters. The van der Waals surface area contributed by atoms with Gasteiger partial charge in [0.05, 0.1) is 16.1 Å². The summed E-state index contributed by atoms with van der Waals surface area (Å²) in [6, 6.07) is 18.9. The molecule has 0 heterocycles. The molecule has 0 bridgehead atoms.